The number of nitrogens with two attached hydrogens (primary N) is 1. The number of hydrogen-bond donors (Lipinski definition) is 1. The Morgan fingerprint density at radius 3 is 2.14 bits per heavy atom. The third-order valence-corrected chi connectivity index (χ3v) is 2.82. The van der Waals surface area contributed by atoms with Gasteiger partial charge in [-0.25, -0.2) is 0 Å². The van der Waals surface area contributed by atoms with Crippen molar-refractivity contribution in [2.75, 3.05) is 33.8 Å². The Morgan fingerprint density at radius 2 is 1.79 bits per heavy atom. The molecule has 0 bridgehead atoms. The summed E-state index contributed by atoms with van der Waals surface area (Å²) in [7, 11) is 4.16. The third kappa shape index (κ3) is 4.94. The lowest BCUT2D eigenvalue weighted by Crippen LogP contribution is -2.40. The minimum Gasteiger partial charge on any atom is -0.374 e. The molecule has 0 saturated heterocycles. The van der Waals surface area contributed by atoms with E-state index in [0.717, 1.165) is 32.4 Å². The molecule has 0 aliphatic carbocycles. The molecule has 0 fully saturated rings. The molecule has 0 aliphatic rings. The second kappa shape index (κ2) is 7.21. The molecule has 0 aliphatic heterocycles. The van der Waals surface area contributed by atoms with Crippen LogP contribution < -0.4 is 5.73 Å². The van der Waals surface area contributed by atoms with Crippen LogP contribution in [0.15, 0.2) is 0 Å². The van der Waals surface area contributed by atoms with Crippen LogP contribution in [0.1, 0.15) is 33.1 Å². The van der Waals surface area contributed by atoms with E-state index in [2.05, 4.69) is 32.8 Å². The highest BCUT2D eigenvalue weighted by atomic mass is 16.5. The second-order valence-corrected chi connectivity index (χ2v) is 4.10. The van der Waals surface area contributed by atoms with Crippen LogP contribution in [0.5, 0.6) is 0 Å². The smallest absolute Gasteiger partial charge is 0.0798 e. The molecule has 0 saturated carbocycles. The van der Waals surface area contributed by atoms with Gasteiger partial charge in [0.05, 0.1) is 5.60 Å². The average molecular weight is 202 g/mol. The van der Waals surface area contributed by atoms with Crippen LogP contribution in [0.25, 0.3) is 0 Å². The van der Waals surface area contributed by atoms with Gasteiger partial charge in [0.25, 0.3) is 0 Å². The van der Waals surface area contributed by atoms with Crippen molar-refractivity contribution in [2.24, 2.45) is 5.73 Å². The van der Waals surface area contributed by atoms with Crippen molar-refractivity contribution < 1.29 is 4.74 Å². The molecular weight excluding hydrogens is 176 g/mol. The summed E-state index contributed by atoms with van der Waals surface area (Å²) in [5, 5.41) is 0. The Balaban J connectivity index is 3.71. The fourth-order valence-electron chi connectivity index (χ4n) is 1.47. The summed E-state index contributed by atoms with van der Waals surface area (Å²) >= 11 is 0. The van der Waals surface area contributed by atoms with E-state index in [1.165, 1.54) is 0 Å². The van der Waals surface area contributed by atoms with Crippen LogP contribution in [-0.2, 0) is 4.74 Å². The van der Waals surface area contributed by atoms with Crippen molar-refractivity contribution in [1.82, 2.24) is 4.90 Å². The maximum Gasteiger partial charge on any atom is 0.0798 e. The first-order chi connectivity index (χ1) is 6.60. The van der Waals surface area contributed by atoms with Crippen LogP contribution in [0, 0.1) is 0 Å². The molecule has 0 aromatic carbocycles. The number of nitrogens with zero attached hydrogens (tertiary/aromatic N) is 1. The largest absolute Gasteiger partial charge is 0.374 e. The first-order valence-electron chi connectivity index (χ1n) is 5.59. The highest BCUT2D eigenvalue weighted by Gasteiger charge is 2.24. The van der Waals surface area contributed by atoms with E-state index in [4.69, 9.17) is 10.5 Å². The number of ether oxygens (including phenoxy) is 1. The molecule has 0 unspecified atom stereocenters. The highest BCUT2D eigenvalue weighted by Crippen LogP contribution is 2.18. The molecule has 86 valence electrons. The van der Waals surface area contributed by atoms with Gasteiger partial charge in [-0.3, -0.25) is 0 Å². The zero-order valence-corrected chi connectivity index (χ0v) is 10.2. The van der Waals surface area contributed by atoms with Gasteiger partial charge < -0.3 is 15.4 Å². The van der Waals surface area contributed by atoms with Gasteiger partial charge in [-0.05, 0) is 39.9 Å². The van der Waals surface area contributed by atoms with Gasteiger partial charge in [0.2, 0.25) is 0 Å². The van der Waals surface area contributed by atoms with Gasteiger partial charge in [0, 0.05) is 13.2 Å². The molecule has 0 aromatic heterocycles. The SMILES string of the molecule is CCC(CC)(CN)OCCCN(C)C. The first kappa shape index (κ1) is 13.9. The van der Waals surface area contributed by atoms with Crippen LogP contribution >= 0.6 is 0 Å². The van der Waals surface area contributed by atoms with E-state index in [-0.39, 0.29) is 5.60 Å². The van der Waals surface area contributed by atoms with Gasteiger partial charge in [-0.2, -0.15) is 0 Å². The second-order valence-electron chi connectivity index (χ2n) is 4.10. The molecule has 0 amide bonds. The van der Waals surface area contributed by atoms with E-state index in [0.29, 0.717) is 6.54 Å². The van der Waals surface area contributed by atoms with E-state index < -0.39 is 0 Å². The predicted octanol–water partition coefficient (Wildman–Crippen LogP) is 1.47. The maximum atomic E-state index is 5.88. The minimum atomic E-state index is -0.0771. The molecule has 0 radical (unpaired) electrons. The van der Waals surface area contributed by atoms with Crippen molar-refractivity contribution >= 4 is 0 Å². The fraction of sp³-hybridized carbons (Fsp3) is 1.00. The maximum absolute atomic E-state index is 5.88. The van der Waals surface area contributed by atoms with E-state index in [1.807, 2.05) is 0 Å². The summed E-state index contributed by atoms with van der Waals surface area (Å²) in [5.74, 6) is 0. The molecule has 14 heavy (non-hydrogen) atoms. The Labute approximate surface area is 88.6 Å². The Bertz CT molecular complexity index is 125. The topological polar surface area (TPSA) is 38.5 Å². The van der Waals surface area contributed by atoms with Crippen LogP contribution in [0.4, 0.5) is 0 Å². The van der Waals surface area contributed by atoms with Crippen molar-refractivity contribution in [2.45, 2.75) is 38.7 Å². The van der Waals surface area contributed by atoms with Crippen LogP contribution in [0.2, 0.25) is 0 Å². The molecule has 3 heteroatoms. The summed E-state index contributed by atoms with van der Waals surface area (Å²) < 4.78 is 5.88. The zero-order chi connectivity index (χ0) is 11.0. The summed E-state index contributed by atoms with van der Waals surface area (Å²) in [5.41, 5.74) is 5.66. The van der Waals surface area contributed by atoms with Crippen molar-refractivity contribution in [1.29, 1.82) is 0 Å². The normalized spacial score (nSPS) is 12.4. The summed E-state index contributed by atoms with van der Waals surface area (Å²) in [6.45, 7) is 6.80. The number of hydrogen-bond acceptors (Lipinski definition) is 3. The third-order valence-electron chi connectivity index (χ3n) is 2.82. The summed E-state index contributed by atoms with van der Waals surface area (Å²) in [6, 6.07) is 0. The first-order valence-corrected chi connectivity index (χ1v) is 5.59. The van der Waals surface area contributed by atoms with Crippen LogP contribution in [0.3, 0.4) is 0 Å². The average Bonchev–Trinajstić information content (AvgIpc) is 2.19. The highest BCUT2D eigenvalue weighted by molar-refractivity contribution is 4.78. The van der Waals surface area contributed by atoms with E-state index in [9.17, 15) is 0 Å². The van der Waals surface area contributed by atoms with E-state index in [1.54, 1.807) is 0 Å². The van der Waals surface area contributed by atoms with Gasteiger partial charge in [-0.15, -0.1) is 0 Å². The molecule has 0 atom stereocenters. The zero-order valence-electron chi connectivity index (χ0n) is 10.2. The molecule has 0 heterocycles. The Kier molecular flexibility index (Phi) is 7.15. The minimum absolute atomic E-state index is 0.0771. The van der Waals surface area contributed by atoms with Gasteiger partial charge in [-0.1, -0.05) is 13.8 Å². The Hall–Kier alpha value is -0.120. The van der Waals surface area contributed by atoms with Crippen molar-refractivity contribution in [3.63, 3.8) is 0 Å². The van der Waals surface area contributed by atoms with Gasteiger partial charge in [0.1, 0.15) is 0 Å². The summed E-state index contributed by atoms with van der Waals surface area (Å²) in [6.07, 6.45) is 3.08. The van der Waals surface area contributed by atoms with Gasteiger partial charge in [0.15, 0.2) is 0 Å². The molecule has 0 aromatic rings. The van der Waals surface area contributed by atoms with Crippen molar-refractivity contribution in [3.8, 4) is 0 Å². The quantitative estimate of drug-likeness (QED) is 0.606. The molecule has 0 rings (SSSR count). The van der Waals surface area contributed by atoms with Crippen molar-refractivity contribution in [3.05, 3.63) is 0 Å². The summed E-state index contributed by atoms with van der Waals surface area (Å²) in [4.78, 5) is 2.17. The monoisotopic (exact) mass is 202 g/mol. The lowest BCUT2D eigenvalue weighted by Gasteiger charge is -2.30. The molecule has 3 nitrogen and oxygen atoms in total. The predicted molar refractivity (Wildman–Crippen MR) is 61.5 cm³/mol. The number of rotatable bonds is 8. The standard InChI is InChI=1S/C11H26N2O/c1-5-11(6-2,10-12)14-9-7-8-13(3)4/h5-10,12H2,1-4H3. The Morgan fingerprint density at radius 1 is 1.21 bits per heavy atom. The molecular formula is C11H26N2O. The molecule has 0 spiro atoms. The van der Waals surface area contributed by atoms with Crippen LogP contribution in [-0.4, -0.2) is 44.3 Å². The van der Waals surface area contributed by atoms with Gasteiger partial charge >= 0.3 is 0 Å². The van der Waals surface area contributed by atoms with E-state index >= 15 is 0 Å². The lowest BCUT2D eigenvalue weighted by molar-refractivity contribution is -0.0464. The molecule has 2 N–H and O–H groups in total. The lowest BCUT2D eigenvalue weighted by atomic mass is 9.97. The fourth-order valence-corrected chi connectivity index (χ4v) is 1.47.